The van der Waals surface area contributed by atoms with Gasteiger partial charge in [0.15, 0.2) is 0 Å². The number of nitrogens with zero attached hydrogens (tertiary/aromatic N) is 1. The SMILES string of the molecule is CCCN(Cc1ccccc1)C(C)CCc1ccc(C2CC2F)cc1. The Hall–Kier alpha value is -1.67. The molecule has 2 aromatic rings. The predicted octanol–water partition coefficient (Wildman–Crippen LogP) is 5.75. The molecule has 0 saturated heterocycles. The number of benzene rings is 2. The zero-order valence-electron chi connectivity index (χ0n) is 15.5. The van der Waals surface area contributed by atoms with Crippen LogP contribution in [-0.2, 0) is 13.0 Å². The van der Waals surface area contributed by atoms with E-state index in [2.05, 4.69) is 73.3 Å². The minimum atomic E-state index is -0.605. The van der Waals surface area contributed by atoms with Gasteiger partial charge in [-0.1, -0.05) is 61.5 Å². The molecule has 0 spiro atoms. The van der Waals surface area contributed by atoms with Crippen molar-refractivity contribution in [3.63, 3.8) is 0 Å². The normalized spacial score (nSPS) is 20.6. The van der Waals surface area contributed by atoms with Crippen LogP contribution in [0.2, 0.25) is 0 Å². The van der Waals surface area contributed by atoms with Crippen molar-refractivity contribution in [1.82, 2.24) is 4.90 Å². The Kier molecular flexibility index (Phi) is 6.25. The van der Waals surface area contributed by atoms with Gasteiger partial charge in [-0.15, -0.1) is 0 Å². The van der Waals surface area contributed by atoms with Crippen molar-refractivity contribution < 1.29 is 4.39 Å². The monoisotopic (exact) mass is 339 g/mol. The molecule has 0 aliphatic heterocycles. The Morgan fingerprint density at radius 2 is 1.72 bits per heavy atom. The van der Waals surface area contributed by atoms with Crippen molar-refractivity contribution in [2.75, 3.05) is 6.54 Å². The summed E-state index contributed by atoms with van der Waals surface area (Å²) < 4.78 is 13.2. The molecule has 0 amide bonds. The third kappa shape index (κ3) is 5.15. The van der Waals surface area contributed by atoms with E-state index in [1.807, 2.05) is 0 Å². The Morgan fingerprint density at radius 1 is 1.04 bits per heavy atom. The summed E-state index contributed by atoms with van der Waals surface area (Å²) in [5, 5.41) is 0. The van der Waals surface area contributed by atoms with E-state index >= 15 is 0 Å². The van der Waals surface area contributed by atoms with Crippen LogP contribution >= 0.6 is 0 Å². The van der Waals surface area contributed by atoms with Gasteiger partial charge in [-0.3, -0.25) is 4.90 Å². The first-order chi connectivity index (χ1) is 12.2. The maximum absolute atomic E-state index is 13.2. The molecule has 2 heteroatoms. The van der Waals surface area contributed by atoms with Gasteiger partial charge in [-0.25, -0.2) is 4.39 Å². The van der Waals surface area contributed by atoms with Crippen LogP contribution in [0.4, 0.5) is 4.39 Å². The third-order valence-electron chi connectivity index (χ3n) is 5.33. The van der Waals surface area contributed by atoms with Crippen LogP contribution in [0, 0.1) is 0 Å². The van der Waals surface area contributed by atoms with Crippen LogP contribution in [0.3, 0.4) is 0 Å². The smallest absolute Gasteiger partial charge is 0.108 e. The molecule has 1 nitrogen and oxygen atoms in total. The maximum Gasteiger partial charge on any atom is 0.108 e. The molecule has 1 aliphatic carbocycles. The minimum absolute atomic E-state index is 0.166. The molecule has 0 heterocycles. The Labute approximate surface area is 151 Å². The van der Waals surface area contributed by atoms with Gasteiger partial charge in [-0.2, -0.15) is 0 Å². The largest absolute Gasteiger partial charge is 0.296 e. The second-order valence-electron chi connectivity index (χ2n) is 7.44. The summed E-state index contributed by atoms with van der Waals surface area (Å²) in [7, 11) is 0. The predicted molar refractivity (Wildman–Crippen MR) is 104 cm³/mol. The fourth-order valence-corrected chi connectivity index (χ4v) is 3.56. The number of halogens is 1. The van der Waals surface area contributed by atoms with Gasteiger partial charge in [0.2, 0.25) is 0 Å². The van der Waals surface area contributed by atoms with Crippen molar-refractivity contribution in [2.24, 2.45) is 0 Å². The lowest BCUT2D eigenvalue weighted by molar-refractivity contribution is 0.191. The van der Waals surface area contributed by atoms with Crippen LogP contribution < -0.4 is 0 Å². The summed E-state index contributed by atoms with van der Waals surface area (Å²) in [6, 6.07) is 19.9. The molecule has 1 fully saturated rings. The quantitative estimate of drug-likeness (QED) is 0.562. The summed E-state index contributed by atoms with van der Waals surface area (Å²) in [5.74, 6) is 0.166. The Bertz CT molecular complexity index is 637. The van der Waals surface area contributed by atoms with Crippen molar-refractivity contribution in [2.45, 2.75) is 64.2 Å². The number of rotatable bonds is 9. The van der Waals surface area contributed by atoms with E-state index in [1.165, 1.54) is 23.1 Å². The van der Waals surface area contributed by atoms with Gasteiger partial charge < -0.3 is 0 Å². The fraction of sp³-hybridized carbons (Fsp3) is 0.478. The standard InChI is InChI=1S/C23H30FN/c1-3-15-25(17-20-7-5-4-6-8-20)18(2)9-10-19-11-13-21(14-12-19)22-16-23(22)24/h4-8,11-14,18,22-23H,3,9-10,15-17H2,1-2H3. The zero-order valence-corrected chi connectivity index (χ0v) is 15.5. The molecule has 3 rings (SSSR count). The summed E-state index contributed by atoms with van der Waals surface area (Å²) in [5.41, 5.74) is 3.92. The highest BCUT2D eigenvalue weighted by atomic mass is 19.1. The Balaban J connectivity index is 1.52. The van der Waals surface area contributed by atoms with Crippen LogP contribution in [0.25, 0.3) is 0 Å². The van der Waals surface area contributed by atoms with E-state index in [4.69, 9.17) is 0 Å². The van der Waals surface area contributed by atoms with E-state index < -0.39 is 6.17 Å². The van der Waals surface area contributed by atoms with Gasteiger partial charge in [-0.05, 0) is 55.8 Å². The van der Waals surface area contributed by atoms with E-state index in [0.29, 0.717) is 12.5 Å². The second kappa shape index (κ2) is 8.62. The lowest BCUT2D eigenvalue weighted by Crippen LogP contribution is -2.33. The number of aryl methyl sites for hydroxylation is 1. The topological polar surface area (TPSA) is 3.24 Å². The summed E-state index contributed by atoms with van der Waals surface area (Å²) >= 11 is 0. The molecule has 1 saturated carbocycles. The van der Waals surface area contributed by atoms with Crippen LogP contribution in [-0.4, -0.2) is 23.7 Å². The van der Waals surface area contributed by atoms with Crippen molar-refractivity contribution >= 4 is 0 Å². The number of hydrogen-bond donors (Lipinski definition) is 0. The molecule has 134 valence electrons. The number of hydrogen-bond acceptors (Lipinski definition) is 1. The first kappa shape index (κ1) is 18.1. The lowest BCUT2D eigenvalue weighted by atomic mass is 10.0. The van der Waals surface area contributed by atoms with Gasteiger partial charge in [0.25, 0.3) is 0 Å². The molecule has 3 atom stereocenters. The first-order valence-corrected chi connectivity index (χ1v) is 9.68. The Morgan fingerprint density at radius 3 is 2.32 bits per heavy atom. The van der Waals surface area contributed by atoms with Gasteiger partial charge in [0.05, 0.1) is 0 Å². The highest BCUT2D eigenvalue weighted by molar-refractivity contribution is 5.30. The average molecular weight is 339 g/mol. The van der Waals surface area contributed by atoms with Crippen LogP contribution in [0.1, 0.15) is 55.7 Å². The minimum Gasteiger partial charge on any atom is -0.296 e. The van der Waals surface area contributed by atoms with Gasteiger partial charge in [0.1, 0.15) is 6.17 Å². The molecular weight excluding hydrogens is 309 g/mol. The van der Waals surface area contributed by atoms with E-state index in [0.717, 1.165) is 25.9 Å². The maximum atomic E-state index is 13.2. The lowest BCUT2D eigenvalue weighted by Gasteiger charge is -2.29. The fourth-order valence-electron chi connectivity index (χ4n) is 3.56. The van der Waals surface area contributed by atoms with E-state index in [-0.39, 0.29) is 5.92 Å². The number of alkyl halides is 1. The molecule has 2 aromatic carbocycles. The van der Waals surface area contributed by atoms with Gasteiger partial charge in [0, 0.05) is 18.5 Å². The van der Waals surface area contributed by atoms with Crippen LogP contribution in [0.5, 0.6) is 0 Å². The summed E-state index contributed by atoms with van der Waals surface area (Å²) in [4.78, 5) is 2.58. The molecule has 0 N–H and O–H groups in total. The van der Waals surface area contributed by atoms with Crippen molar-refractivity contribution in [3.05, 3.63) is 71.3 Å². The third-order valence-corrected chi connectivity index (χ3v) is 5.33. The molecule has 0 aromatic heterocycles. The molecule has 1 aliphatic rings. The van der Waals surface area contributed by atoms with Gasteiger partial charge >= 0.3 is 0 Å². The van der Waals surface area contributed by atoms with E-state index in [1.54, 1.807) is 0 Å². The highest BCUT2D eigenvalue weighted by Crippen LogP contribution is 2.43. The first-order valence-electron chi connectivity index (χ1n) is 9.68. The average Bonchev–Trinajstić information content (AvgIpc) is 3.37. The van der Waals surface area contributed by atoms with Crippen molar-refractivity contribution in [3.8, 4) is 0 Å². The van der Waals surface area contributed by atoms with E-state index in [9.17, 15) is 4.39 Å². The summed E-state index contributed by atoms with van der Waals surface area (Å²) in [6.45, 7) is 6.74. The molecule has 0 radical (unpaired) electrons. The molecule has 25 heavy (non-hydrogen) atoms. The second-order valence-corrected chi connectivity index (χ2v) is 7.44. The molecular formula is C23H30FN. The zero-order chi connectivity index (χ0) is 17.6. The summed E-state index contributed by atoms with van der Waals surface area (Å²) in [6.07, 6.45) is 3.52. The molecule has 3 unspecified atom stereocenters. The molecule has 0 bridgehead atoms. The van der Waals surface area contributed by atoms with Crippen LogP contribution in [0.15, 0.2) is 54.6 Å². The highest BCUT2D eigenvalue weighted by Gasteiger charge is 2.38. The van der Waals surface area contributed by atoms with Crippen molar-refractivity contribution in [1.29, 1.82) is 0 Å².